The molecule has 9 heteroatoms. The number of halogens is 2. The lowest BCUT2D eigenvalue weighted by Gasteiger charge is -2.12. The molecule has 1 aliphatic rings. The van der Waals surface area contributed by atoms with Gasteiger partial charge in [0.25, 0.3) is 15.9 Å². The summed E-state index contributed by atoms with van der Waals surface area (Å²) in [6.45, 7) is -0.109. The largest absolute Gasteiger partial charge is 0.269 e. The van der Waals surface area contributed by atoms with Crippen molar-refractivity contribution in [3.05, 3.63) is 68.5 Å². The van der Waals surface area contributed by atoms with Crippen molar-refractivity contribution in [2.24, 2.45) is 0 Å². The van der Waals surface area contributed by atoms with Gasteiger partial charge in [0, 0.05) is 10.9 Å². The molecule has 4 rings (SSSR count). The van der Waals surface area contributed by atoms with Crippen LogP contribution in [0.5, 0.6) is 0 Å². The Morgan fingerprint density at radius 3 is 2.58 bits per heavy atom. The van der Waals surface area contributed by atoms with Gasteiger partial charge in [-0.2, -0.15) is 0 Å². The molecule has 0 saturated heterocycles. The minimum Gasteiger partial charge on any atom is -0.268 e. The number of hydrogen-bond acceptors (Lipinski definition) is 5. The Hall–Kier alpha value is -1.93. The zero-order valence-electron chi connectivity index (χ0n) is 13.0. The van der Waals surface area contributed by atoms with E-state index in [2.05, 4.69) is 4.98 Å². The van der Waals surface area contributed by atoms with E-state index in [1.807, 2.05) is 0 Å². The summed E-state index contributed by atoms with van der Waals surface area (Å²) >= 11 is 13.2. The van der Waals surface area contributed by atoms with Crippen LogP contribution in [-0.2, 0) is 16.6 Å². The van der Waals surface area contributed by atoms with Crippen molar-refractivity contribution in [1.82, 2.24) is 9.29 Å². The number of fused-ring (bicyclic) bond motifs is 1. The first-order valence-electron chi connectivity index (χ1n) is 7.44. The molecule has 1 aromatic heterocycles. The zero-order chi connectivity index (χ0) is 18.5. The van der Waals surface area contributed by atoms with E-state index in [0.717, 1.165) is 9.87 Å². The normalized spacial score (nSPS) is 15.3. The van der Waals surface area contributed by atoms with Gasteiger partial charge in [-0.3, -0.25) is 4.79 Å². The van der Waals surface area contributed by atoms with E-state index in [1.165, 1.54) is 23.5 Å². The number of amides is 1. The first-order chi connectivity index (χ1) is 12.4. The summed E-state index contributed by atoms with van der Waals surface area (Å²) in [5, 5.41) is 3.15. The Morgan fingerprint density at radius 2 is 1.85 bits per heavy atom. The van der Waals surface area contributed by atoms with Crippen LogP contribution in [0.2, 0.25) is 10.0 Å². The molecule has 0 atom stereocenters. The number of aromatic nitrogens is 1. The smallest absolute Gasteiger partial charge is 0.268 e. The molecule has 0 unspecified atom stereocenters. The predicted octanol–water partition coefficient (Wildman–Crippen LogP) is 4.46. The molecule has 3 aromatic rings. The van der Waals surface area contributed by atoms with Gasteiger partial charge in [-0.05, 0) is 24.3 Å². The highest BCUT2D eigenvalue weighted by atomic mass is 35.5. The van der Waals surface area contributed by atoms with Gasteiger partial charge in [-0.15, -0.1) is 11.3 Å². The number of hydrogen-bond donors (Lipinski definition) is 0. The van der Waals surface area contributed by atoms with Crippen LogP contribution in [0.1, 0.15) is 15.4 Å². The maximum absolute atomic E-state index is 12.6. The molecule has 26 heavy (non-hydrogen) atoms. The van der Waals surface area contributed by atoms with Crippen molar-refractivity contribution >= 4 is 50.5 Å². The highest BCUT2D eigenvalue weighted by Crippen LogP contribution is 2.33. The summed E-state index contributed by atoms with van der Waals surface area (Å²) in [4.78, 5) is 16.9. The third kappa shape index (κ3) is 2.81. The van der Waals surface area contributed by atoms with Crippen LogP contribution in [0, 0.1) is 0 Å². The standard InChI is InChI=1S/C17H10Cl2N2O3S2/c18-12-6-5-10(7-13(12)19)14-9-25-16(20-14)8-21-17(22)11-3-1-2-4-15(11)26(21,23)24/h1-7,9H,8H2. The lowest BCUT2D eigenvalue weighted by atomic mass is 10.2. The fourth-order valence-corrected chi connectivity index (χ4v) is 5.38. The molecule has 0 N–H and O–H groups in total. The third-order valence-electron chi connectivity index (χ3n) is 3.96. The number of nitrogens with zero attached hydrogens (tertiary/aromatic N) is 2. The number of thiazole rings is 1. The molecular weight excluding hydrogens is 415 g/mol. The van der Waals surface area contributed by atoms with Crippen molar-refractivity contribution in [3.63, 3.8) is 0 Å². The van der Waals surface area contributed by atoms with E-state index in [9.17, 15) is 13.2 Å². The molecule has 0 radical (unpaired) electrons. The second-order valence-electron chi connectivity index (χ2n) is 5.57. The molecule has 1 aliphatic heterocycles. The van der Waals surface area contributed by atoms with Crippen molar-refractivity contribution in [2.45, 2.75) is 11.4 Å². The number of carbonyl (C=O) groups excluding carboxylic acids is 1. The lowest BCUT2D eigenvalue weighted by Crippen LogP contribution is -2.29. The molecule has 2 aromatic carbocycles. The number of rotatable bonds is 3. The van der Waals surface area contributed by atoms with Crippen LogP contribution in [-0.4, -0.2) is 23.6 Å². The number of carbonyl (C=O) groups is 1. The van der Waals surface area contributed by atoms with Crippen LogP contribution in [0.4, 0.5) is 0 Å². The Morgan fingerprint density at radius 1 is 1.08 bits per heavy atom. The Labute approximate surface area is 163 Å². The lowest BCUT2D eigenvalue weighted by molar-refractivity contribution is 0.0865. The second-order valence-corrected chi connectivity index (χ2v) is 9.16. The van der Waals surface area contributed by atoms with E-state index >= 15 is 0 Å². The topological polar surface area (TPSA) is 67.3 Å². The molecule has 0 bridgehead atoms. The monoisotopic (exact) mass is 424 g/mol. The summed E-state index contributed by atoms with van der Waals surface area (Å²) in [5.41, 5.74) is 1.60. The van der Waals surface area contributed by atoms with E-state index < -0.39 is 15.9 Å². The Balaban J connectivity index is 1.64. The molecule has 0 spiro atoms. The van der Waals surface area contributed by atoms with Crippen LogP contribution < -0.4 is 0 Å². The van der Waals surface area contributed by atoms with Crippen LogP contribution in [0.15, 0.2) is 52.7 Å². The number of benzene rings is 2. The quantitative estimate of drug-likeness (QED) is 0.622. The molecule has 5 nitrogen and oxygen atoms in total. The highest BCUT2D eigenvalue weighted by Gasteiger charge is 2.41. The van der Waals surface area contributed by atoms with E-state index in [-0.39, 0.29) is 17.0 Å². The fraction of sp³-hybridized carbons (Fsp3) is 0.0588. The third-order valence-corrected chi connectivity index (χ3v) is 7.32. The van der Waals surface area contributed by atoms with Gasteiger partial charge in [-0.25, -0.2) is 17.7 Å². The van der Waals surface area contributed by atoms with Crippen molar-refractivity contribution in [2.75, 3.05) is 0 Å². The molecule has 2 heterocycles. The van der Waals surface area contributed by atoms with Crippen molar-refractivity contribution in [1.29, 1.82) is 0 Å². The predicted molar refractivity (Wildman–Crippen MR) is 101 cm³/mol. The average Bonchev–Trinajstić information content (AvgIpc) is 3.16. The summed E-state index contributed by atoms with van der Waals surface area (Å²) in [7, 11) is -3.85. The van der Waals surface area contributed by atoms with E-state index in [4.69, 9.17) is 23.2 Å². The molecule has 0 aliphatic carbocycles. The van der Waals surface area contributed by atoms with Gasteiger partial charge < -0.3 is 0 Å². The summed E-state index contributed by atoms with van der Waals surface area (Å²) in [5.74, 6) is -0.535. The molecule has 0 saturated carbocycles. The minimum atomic E-state index is -3.85. The Bertz CT molecular complexity index is 1140. The van der Waals surface area contributed by atoms with E-state index in [0.29, 0.717) is 20.7 Å². The van der Waals surface area contributed by atoms with E-state index in [1.54, 1.807) is 35.7 Å². The van der Waals surface area contributed by atoms with Crippen LogP contribution in [0.3, 0.4) is 0 Å². The van der Waals surface area contributed by atoms with Crippen molar-refractivity contribution in [3.8, 4) is 11.3 Å². The minimum absolute atomic E-state index is 0.0336. The molecule has 1 amide bonds. The summed E-state index contributed by atoms with van der Waals surface area (Å²) in [6.07, 6.45) is 0. The first-order valence-corrected chi connectivity index (χ1v) is 10.5. The number of sulfonamides is 1. The molecule has 132 valence electrons. The average molecular weight is 425 g/mol. The van der Waals surface area contributed by atoms with Gasteiger partial charge in [-0.1, -0.05) is 41.4 Å². The van der Waals surface area contributed by atoms with Gasteiger partial charge in [0.1, 0.15) is 9.90 Å². The maximum atomic E-state index is 12.6. The van der Waals surface area contributed by atoms with Gasteiger partial charge >= 0.3 is 0 Å². The SMILES string of the molecule is O=C1c2ccccc2S(=O)(=O)N1Cc1nc(-c2ccc(Cl)c(Cl)c2)cs1. The Kier molecular flexibility index (Phi) is 4.27. The highest BCUT2D eigenvalue weighted by molar-refractivity contribution is 7.90. The zero-order valence-corrected chi connectivity index (χ0v) is 16.2. The first kappa shape index (κ1) is 17.5. The van der Waals surface area contributed by atoms with Crippen LogP contribution in [0.25, 0.3) is 11.3 Å². The fourth-order valence-electron chi connectivity index (χ4n) is 2.68. The van der Waals surface area contributed by atoms with Crippen molar-refractivity contribution < 1.29 is 13.2 Å². The maximum Gasteiger partial charge on any atom is 0.269 e. The van der Waals surface area contributed by atoms with Gasteiger partial charge in [0.2, 0.25) is 0 Å². The molecule has 0 fully saturated rings. The van der Waals surface area contributed by atoms with Gasteiger partial charge in [0.05, 0.1) is 27.8 Å². The summed E-state index contributed by atoms with van der Waals surface area (Å²) < 4.78 is 26.1. The molecular formula is C17H10Cl2N2O3S2. The summed E-state index contributed by atoms with van der Waals surface area (Å²) in [6, 6.07) is 11.3. The second kappa shape index (κ2) is 6.35. The van der Waals surface area contributed by atoms with Gasteiger partial charge in [0.15, 0.2) is 0 Å². The van der Waals surface area contributed by atoms with Crippen LogP contribution >= 0.6 is 34.5 Å².